The maximum Gasteiger partial charge on any atom is 0.416 e. The third-order valence-electron chi connectivity index (χ3n) is 3.22. The molecule has 0 aromatic heterocycles. The lowest BCUT2D eigenvalue weighted by atomic mass is 10.1. The van der Waals surface area contributed by atoms with Gasteiger partial charge in [0, 0.05) is 19.0 Å². The summed E-state index contributed by atoms with van der Waals surface area (Å²) in [5.74, 6) is -0.685. The Hall–Kier alpha value is -1.61. The third-order valence-corrected chi connectivity index (χ3v) is 4.63. The molecule has 122 valence electrons. The molecule has 5 nitrogen and oxygen atoms in total. The van der Waals surface area contributed by atoms with Crippen LogP contribution in [0.3, 0.4) is 0 Å². The van der Waals surface area contributed by atoms with Gasteiger partial charge in [-0.3, -0.25) is 4.79 Å². The van der Waals surface area contributed by atoms with Crippen molar-refractivity contribution in [3.8, 4) is 0 Å². The number of sulfonamides is 1. The van der Waals surface area contributed by atoms with Gasteiger partial charge in [-0.25, -0.2) is 13.1 Å². The molecule has 0 spiro atoms. The number of hydrogen-bond acceptors (Lipinski definition) is 3. The molecule has 0 bridgehead atoms. The summed E-state index contributed by atoms with van der Waals surface area (Å²) in [6.45, 7) is 0.181. The zero-order valence-electron chi connectivity index (χ0n) is 11.5. The van der Waals surface area contributed by atoms with Crippen molar-refractivity contribution in [1.82, 2.24) is 10.0 Å². The zero-order valence-corrected chi connectivity index (χ0v) is 12.3. The first-order chi connectivity index (χ1) is 10.2. The first-order valence-electron chi connectivity index (χ1n) is 6.58. The second-order valence-corrected chi connectivity index (χ2v) is 6.87. The summed E-state index contributed by atoms with van der Waals surface area (Å²) >= 11 is 0. The van der Waals surface area contributed by atoms with Crippen LogP contribution >= 0.6 is 0 Å². The lowest BCUT2D eigenvalue weighted by Gasteiger charge is -2.23. The summed E-state index contributed by atoms with van der Waals surface area (Å²) in [4.78, 5) is 11.0. The van der Waals surface area contributed by atoms with E-state index in [0.717, 1.165) is 12.1 Å². The van der Waals surface area contributed by atoms with Gasteiger partial charge in [0.05, 0.1) is 11.3 Å². The van der Waals surface area contributed by atoms with E-state index in [9.17, 15) is 26.4 Å². The number of halogens is 3. The quantitative estimate of drug-likeness (QED) is 0.873. The molecule has 1 amide bonds. The van der Waals surface area contributed by atoms with E-state index in [1.54, 1.807) is 0 Å². The van der Waals surface area contributed by atoms with Gasteiger partial charge in [-0.05, 0) is 18.1 Å². The van der Waals surface area contributed by atoms with Crippen molar-refractivity contribution in [3.63, 3.8) is 0 Å². The van der Waals surface area contributed by atoms with Crippen molar-refractivity contribution in [2.75, 3.05) is 6.54 Å². The second-order valence-electron chi connectivity index (χ2n) is 5.11. The largest absolute Gasteiger partial charge is 0.416 e. The minimum Gasteiger partial charge on any atom is -0.355 e. The molecule has 0 saturated carbocycles. The van der Waals surface area contributed by atoms with Crippen LogP contribution in [0.25, 0.3) is 0 Å². The summed E-state index contributed by atoms with van der Waals surface area (Å²) in [6.07, 6.45) is -3.93. The first kappa shape index (κ1) is 16.8. The Kier molecular flexibility index (Phi) is 4.76. The van der Waals surface area contributed by atoms with Gasteiger partial charge in [-0.1, -0.05) is 18.2 Å². The number of amides is 1. The highest BCUT2D eigenvalue weighted by Crippen LogP contribution is 2.29. The van der Waals surface area contributed by atoms with Crippen LogP contribution in [-0.4, -0.2) is 26.9 Å². The fraction of sp³-hybridized carbons (Fsp3) is 0.462. The smallest absolute Gasteiger partial charge is 0.355 e. The van der Waals surface area contributed by atoms with Crippen molar-refractivity contribution in [2.45, 2.75) is 30.8 Å². The highest BCUT2D eigenvalue weighted by Gasteiger charge is 2.31. The molecule has 1 fully saturated rings. The van der Waals surface area contributed by atoms with E-state index >= 15 is 0 Å². The predicted octanol–water partition coefficient (Wildman–Crippen LogP) is 1.40. The number of hydrogen-bond donors (Lipinski definition) is 2. The lowest BCUT2D eigenvalue weighted by Crippen LogP contribution is -2.47. The molecule has 0 aliphatic carbocycles. The van der Waals surface area contributed by atoms with Crippen LogP contribution < -0.4 is 10.0 Å². The van der Waals surface area contributed by atoms with Gasteiger partial charge in [0.25, 0.3) is 0 Å². The minimum absolute atomic E-state index is 0.0576. The Morgan fingerprint density at radius 3 is 2.64 bits per heavy atom. The van der Waals surface area contributed by atoms with Gasteiger partial charge in [0.15, 0.2) is 0 Å². The van der Waals surface area contributed by atoms with Crippen molar-refractivity contribution >= 4 is 15.9 Å². The highest BCUT2D eigenvalue weighted by atomic mass is 32.2. The van der Waals surface area contributed by atoms with Crippen LogP contribution in [0, 0.1) is 0 Å². The number of alkyl halides is 3. The molecular formula is C13H15F3N2O3S. The molecule has 0 unspecified atom stereocenters. The van der Waals surface area contributed by atoms with Crippen molar-refractivity contribution in [2.24, 2.45) is 0 Å². The minimum atomic E-state index is -4.51. The van der Waals surface area contributed by atoms with E-state index in [2.05, 4.69) is 10.0 Å². The van der Waals surface area contributed by atoms with Gasteiger partial charge in [-0.2, -0.15) is 13.2 Å². The molecule has 1 saturated heterocycles. The SMILES string of the molecule is O=C1CC[C@@H](NS(=O)(=O)Cc2cccc(C(F)(F)F)c2)CN1. The summed E-state index contributed by atoms with van der Waals surface area (Å²) in [6, 6.07) is 3.78. The first-order valence-corrected chi connectivity index (χ1v) is 8.24. The average molecular weight is 336 g/mol. The van der Waals surface area contributed by atoms with E-state index in [1.807, 2.05) is 0 Å². The molecule has 1 atom stereocenters. The van der Waals surface area contributed by atoms with Gasteiger partial charge in [0.1, 0.15) is 0 Å². The zero-order chi connectivity index (χ0) is 16.4. The number of nitrogens with one attached hydrogen (secondary N) is 2. The number of rotatable bonds is 4. The van der Waals surface area contributed by atoms with Gasteiger partial charge in [-0.15, -0.1) is 0 Å². The number of benzene rings is 1. The Balaban J connectivity index is 2.04. The molecule has 1 aromatic carbocycles. The van der Waals surface area contributed by atoms with Crippen LogP contribution in [0.2, 0.25) is 0 Å². The number of piperidine rings is 1. The van der Waals surface area contributed by atoms with E-state index in [4.69, 9.17) is 0 Å². The van der Waals surface area contributed by atoms with Gasteiger partial charge < -0.3 is 5.32 Å². The Morgan fingerprint density at radius 1 is 1.32 bits per heavy atom. The maximum absolute atomic E-state index is 12.6. The van der Waals surface area contributed by atoms with Crippen molar-refractivity contribution < 1.29 is 26.4 Å². The Labute approximate surface area is 125 Å². The molecule has 2 rings (SSSR count). The van der Waals surface area contributed by atoms with Crippen LogP contribution in [0.1, 0.15) is 24.0 Å². The van der Waals surface area contributed by atoms with E-state index < -0.39 is 33.6 Å². The third kappa shape index (κ3) is 4.70. The second kappa shape index (κ2) is 6.25. The summed E-state index contributed by atoms with van der Waals surface area (Å²) in [7, 11) is -3.78. The Morgan fingerprint density at radius 2 is 2.05 bits per heavy atom. The lowest BCUT2D eigenvalue weighted by molar-refractivity contribution is -0.137. The normalized spacial score (nSPS) is 19.8. The molecule has 9 heteroatoms. The van der Waals surface area contributed by atoms with Gasteiger partial charge in [0.2, 0.25) is 15.9 Å². The Bertz CT molecular complexity index is 649. The molecular weight excluding hydrogens is 321 g/mol. The standard InChI is InChI=1S/C13H15F3N2O3S/c14-13(15,16)10-3-1-2-9(6-10)8-22(20,21)18-11-4-5-12(19)17-7-11/h1-3,6,11,18H,4-5,7-8H2,(H,17,19)/t11-/m1/s1. The summed E-state index contributed by atoms with van der Waals surface area (Å²) < 4.78 is 64.2. The number of carbonyl (C=O) groups excluding carboxylic acids is 1. The van der Waals surface area contributed by atoms with Crippen LogP contribution in [0.15, 0.2) is 24.3 Å². The molecule has 0 radical (unpaired) electrons. The van der Waals surface area contributed by atoms with Crippen LogP contribution in [-0.2, 0) is 26.7 Å². The molecule has 1 aliphatic rings. The molecule has 1 aliphatic heterocycles. The van der Waals surface area contributed by atoms with E-state index in [-0.39, 0.29) is 24.4 Å². The van der Waals surface area contributed by atoms with E-state index in [1.165, 1.54) is 12.1 Å². The molecule has 2 N–H and O–H groups in total. The highest BCUT2D eigenvalue weighted by molar-refractivity contribution is 7.88. The summed E-state index contributed by atoms with van der Waals surface area (Å²) in [5.41, 5.74) is -0.827. The average Bonchev–Trinajstić information content (AvgIpc) is 2.40. The predicted molar refractivity (Wildman–Crippen MR) is 73.2 cm³/mol. The number of carbonyl (C=O) groups is 1. The van der Waals surface area contributed by atoms with E-state index in [0.29, 0.717) is 6.42 Å². The van der Waals surface area contributed by atoms with Crippen molar-refractivity contribution in [1.29, 1.82) is 0 Å². The summed E-state index contributed by atoms with van der Waals surface area (Å²) in [5, 5.41) is 2.53. The molecule has 22 heavy (non-hydrogen) atoms. The fourth-order valence-corrected chi connectivity index (χ4v) is 3.60. The van der Waals surface area contributed by atoms with Gasteiger partial charge >= 0.3 is 6.18 Å². The topological polar surface area (TPSA) is 75.3 Å². The molecule has 1 heterocycles. The van der Waals surface area contributed by atoms with Crippen molar-refractivity contribution in [3.05, 3.63) is 35.4 Å². The van der Waals surface area contributed by atoms with Crippen LogP contribution in [0.5, 0.6) is 0 Å². The molecule has 1 aromatic rings. The fourth-order valence-electron chi connectivity index (χ4n) is 2.19. The maximum atomic E-state index is 12.6. The van der Waals surface area contributed by atoms with Crippen LogP contribution in [0.4, 0.5) is 13.2 Å². The monoisotopic (exact) mass is 336 g/mol.